The van der Waals surface area contributed by atoms with Crippen LogP contribution in [0.4, 0.5) is 17.6 Å². The van der Waals surface area contributed by atoms with Crippen LogP contribution in [0.15, 0.2) is 47.3 Å². The maximum atomic E-state index is 15.4. The van der Waals surface area contributed by atoms with Gasteiger partial charge in [0.25, 0.3) is 5.56 Å². The van der Waals surface area contributed by atoms with E-state index in [2.05, 4.69) is 26.6 Å². The number of hydrogen-bond acceptors (Lipinski definition) is 12. The van der Waals surface area contributed by atoms with Crippen molar-refractivity contribution in [2.24, 2.45) is 11.1 Å². The number of pyridine rings is 2. The van der Waals surface area contributed by atoms with Crippen LogP contribution in [0.3, 0.4) is 0 Å². The number of fused-ring (bicyclic) bond motifs is 5. The van der Waals surface area contributed by atoms with E-state index in [4.69, 9.17) is 25.4 Å². The lowest BCUT2D eigenvalue weighted by atomic mass is 9.80. The van der Waals surface area contributed by atoms with Crippen molar-refractivity contribution in [2.45, 2.75) is 96.8 Å². The molecular formula is C47H52F4N8O11. The van der Waals surface area contributed by atoms with E-state index in [9.17, 15) is 51.8 Å². The number of carboxylic acids is 1. The number of aliphatic hydroxyl groups is 1. The van der Waals surface area contributed by atoms with E-state index in [1.165, 1.54) is 10.6 Å². The number of carbonyl (C=O) groups excluding carboxylic acids is 6. The Labute approximate surface area is 396 Å². The van der Waals surface area contributed by atoms with E-state index in [0.29, 0.717) is 51.8 Å². The summed E-state index contributed by atoms with van der Waals surface area (Å²) in [4.78, 5) is 105. The Hall–Kier alpha value is -7.27. The number of amides is 5. The van der Waals surface area contributed by atoms with E-state index in [1.807, 2.05) is 6.07 Å². The number of esters is 1. The molecule has 1 aliphatic carbocycles. The summed E-state index contributed by atoms with van der Waals surface area (Å²) in [5.74, 6) is -6.64. The van der Waals surface area contributed by atoms with Crippen LogP contribution in [0, 0.1) is 18.2 Å². The number of aliphatic carboxylic acids is 1. The highest BCUT2D eigenvalue weighted by molar-refractivity contribution is 5.95. The Morgan fingerprint density at radius 2 is 1.64 bits per heavy atom. The smallest absolute Gasteiger partial charge is 0.475 e. The van der Waals surface area contributed by atoms with Crippen molar-refractivity contribution in [3.05, 3.63) is 97.6 Å². The lowest BCUT2D eigenvalue weighted by Crippen LogP contribution is -2.52. The van der Waals surface area contributed by atoms with Gasteiger partial charge in [0.1, 0.15) is 18.5 Å². The van der Waals surface area contributed by atoms with Crippen LogP contribution < -0.4 is 37.9 Å². The van der Waals surface area contributed by atoms with Crippen LogP contribution in [0.2, 0.25) is 0 Å². The standard InChI is InChI=1S/C45H51FN8O9.C2HF3O2/c1-5-45(62)28-16-33-39-26(21-54(33)41(59)27(28)22-63-43(45)61)38-30(12-11-25-23(2)29(46)17-31(52-39)37(25)38)53-42(60)44(3,4)13-14-48-35(56)19-50-40(58)32(15-24-9-7-6-8-10-24)51-36(57)20-49-34(55)18-47;3-2(4,5)1(6)7/h6-10,16-17,30,32,62H,5,11-15,18-22,47H2,1-4H3,(H,48,56)(H,49,55)(H,50,58)(H,51,57)(H,53,60);(H,6,7)/t30-,32-,45-;/m0./s1. The van der Waals surface area contributed by atoms with Gasteiger partial charge >= 0.3 is 18.1 Å². The topological polar surface area (TPSA) is 290 Å². The van der Waals surface area contributed by atoms with E-state index in [0.717, 1.165) is 11.1 Å². The minimum absolute atomic E-state index is 0.0280. The highest BCUT2D eigenvalue weighted by Gasteiger charge is 2.46. The third kappa shape index (κ3) is 10.9. The molecule has 0 fully saturated rings. The predicted molar refractivity (Wildman–Crippen MR) is 241 cm³/mol. The Kier molecular flexibility index (Phi) is 15.5. The summed E-state index contributed by atoms with van der Waals surface area (Å²) in [6.45, 7) is 5.59. The minimum Gasteiger partial charge on any atom is -0.475 e. The number of carboxylic acid groups (broad SMARTS) is 1. The number of carbonyl (C=O) groups is 7. The van der Waals surface area contributed by atoms with Crippen molar-refractivity contribution < 1.29 is 66.1 Å². The van der Waals surface area contributed by atoms with Crippen molar-refractivity contribution in [3.8, 4) is 11.4 Å². The number of hydrogen-bond donors (Lipinski definition) is 8. The largest absolute Gasteiger partial charge is 0.490 e. The Balaban J connectivity index is 0.00000107. The molecule has 4 aromatic rings. The van der Waals surface area contributed by atoms with Gasteiger partial charge < -0.3 is 51.8 Å². The van der Waals surface area contributed by atoms with Gasteiger partial charge in [0, 0.05) is 41.0 Å². The Morgan fingerprint density at radius 1 is 0.971 bits per heavy atom. The molecule has 23 heteroatoms. The SMILES string of the molecule is CC[C@@]1(O)C(=O)OCc2c1cc1n(c2=O)Cc2c-1nc1cc(F)c(C)c3c1c2[C@@H](NC(=O)C(C)(C)CCNC(=O)CNC(=O)[C@H](Cc1ccccc1)NC(=O)CNC(=O)CN)CC3.O=C(O)C(F)(F)F. The maximum absolute atomic E-state index is 15.4. The maximum Gasteiger partial charge on any atom is 0.490 e. The number of nitrogens with zero attached hydrogens (tertiary/aromatic N) is 2. The summed E-state index contributed by atoms with van der Waals surface area (Å²) >= 11 is 0. The number of alkyl halides is 3. The monoisotopic (exact) mass is 980 g/mol. The third-order valence-electron chi connectivity index (χ3n) is 12.6. The molecule has 0 spiro atoms. The first kappa shape index (κ1) is 52.1. The van der Waals surface area contributed by atoms with Crippen molar-refractivity contribution in [3.63, 3.8) is 0 Å². The molecule has 0 saturated heterocycles. The summed E-state index contributed by atoms with van der Waals surface area (Å²) in [5, 5.41) is 32.6. The van der Waals surface area contributed by atoms with Crippen LogP contribution >= 0.6 is 0 Å². The molecule has 70 heavy (non-hydrogen) atoms. The summed E-state index contributed by atoms with van der Waals surface area (Å²) < 4.78 is 53.9. The second kappa shape index (κ2) is 20.8. The van der Waals surface area contributed by atoms with Gasteiger partial charge in [0.05, 0.1) is 54.7 Å². The van der Waals surface area contributed by atoms with Gasteiger partial charge in [0.2, 0.25) is 29.5 Å². The molecule has 0 bridgehead atoms. The van der Waals surface area contributed by atoms with E-state index < -0.39 is 82.8 Å². The van der Waals surface area contributed by atoms with Crippen LogP contribution in [0.25, 0.3) is 22.3 Å². The lowest BCUT2D eigenvalue weighted by molar-refractivity contribution is -0.192. The zero-order valence-corrected chi connectivity index (χ0v) is 38.5. The molecule has 7 rings (SSSR count). The highest BCUT2D eigenvalue weighted by Crippen LogP contribution is 2.46. The molecule has 0 saturated carbocycles. The number of halogens is 4. The molecule has 4 heterocycles. The Bertz CT molecular complexity index is 2840. The second-order valence-electron chi connectivity index (χ2n) is 17.7. The first-order valence-corrected chi connectivity index (χ1v) is 22.2. The molecule has 5 amide bonds. The highest BCUT2D eigenvalue weighted by atomic mass is 19.4. The zero-order chi connectivity index (χ0) is 51.5. The van der Waals surface area contributed by atoms with Gasteiger partial charge in [0.15, 0.2) is 5.60 Å². The summed E-state index contributed by atoms with van der Waals surface area (Å²) in [6.07, 6.45) is -3.90. The zero-order valence-electron chi connectivity index (χ0n) is 38.5. The minimum atomic E-state index is -5.08. The van der Waals surface area contributed by atoms with Crippen molar-refractivity contribution in [2.75, 3.05) is 26.2 Å². The molecule has 3 atom stereocenters. The lowest BCUT2D eigenvalue weighted by Gasteiger charge is -2.33. The Morgan fingerprint density at radius 3 is 2.29 bits per heavy atom. The average Bonchev–Trinajstić information content (AvgIpc) is 3.69. The molecule has 0 unspecified atom stereocenters. The molecule has 0 radical (unpaired) electrons. The predicted octanol–water partition coefficient (Wildman–Crippen LogP) is 1.72. The van der Waals surface area contributed by atoms with E-state index in [1.54, 1.807) is 58.0 Å². The van der Waals surface area contributed by atoms with Gasteiger partial charge in [-0.15, -0.1) is 0 Å². The van der Waals surface area contributed by atoms with Gasteiger partial charge in [-0.3, -0.25) is 28.8 Å². The van der Waals surface area contributed by atoms with Gasteiger partial charge in [-0.2, -0.15) is 13.2 Å². The second-order valence-corrected chi connectivity index (χ2v) is 17.7. The molecule has 2 aromatic carbocycles. The number of ether oxygens (including phenoxy) is 1. The number of nitrogens with two attached hydrogens (primary N) is 1. The average molecular weight is 981 g/mol. The molecule has 374 valence electrons. The summed E-state index contributed by atoms with van der Waals surface area (Å²) in [5.41, 5.74) is 6.61. The summed E-state index contributed by atoms with van der Waals surface area (Å²) in [7, 11) is 0. The van der Waals surface area contributed by atoms with E-state index >= 15 is 4.39 Å². The number of rotatable bonds is 15. The van der Waals surface area contributed by atoms with Gasteiger partial charge in [-0.05, 0) is 60.9 Å². The summed E-state index contributed by atoms with van der Waals surface area (Å²) in [6, 6.07) is 10.3. The third-order valence-corrected chi connectivity index (χ3v) is 12.6. The fourth-order valence-electron chi connectivity index (χ4n) is 8.59. The molecular weight excluding hydrogens is 929 g/mol. The number of cyclic esters (lactones) is 1. The first-order chi connectivity index (χ1) is 32.9. The molecule has 2 aromatic heterocycles. The quantitative estimate of drug-likeness (QED) is 0.0549. The number of nitrogens with one attached hydrogen (secondary N) is 5. The molecule has 9 N–H and O–H groups in total. The van der Waals surface area contributed by atoms with Crippen molar-refractivity contribution >= 4 is 52.4 Å². The van der Waals surface area contributed by atoms with Gasteiger partial charge in [-0.1, -0.05) is 51.1 Å². The van der Waals surface area contributed by atoms with E-state index in [-0.39, 0.29) is 69.1 Å². The molecule has 3 aliphatic rings. The van der Waals surface area contributed by atoms with Crippen molar-refractivity contribution in [1.29, 1.82) is 0 Å². The number of benzene rings is 2. The normalized spacial score (nSPS) is 17.1. The molecule has 2 aliphatic heterocycles. The first-order valence-electron chi connectivity index (χ1n) is 22.2. The number of aryl methyl sites for hydroxylation is 1. The van der Waals surface area contributed by atoms with Crippen LogP contribution in [0.5, 0.6) is 0 Å². The van der Waals surface area contributed by atoms with Crippen molar-refractivity contribution in [1.82, 2.24) is 36.1 Å². The van der Waals surface area contributed by atoms with Crippen LogP contribution in [0.1, 0.15) is 85.0 Å². The van der Waals surface area contributed by atoms with Crippen LogP contribution in [-0.2, 0) is 69.9 Å². The fourth-order valence-corrected chi connectivity index (χ4v) is 8.59. The number of aromatic nitrogens is 2. The van der Waals surface area contributed by atoms with Gasteiger partial charge in [-0.25, -0.2) is 19.0 Å². The van der Waals surface area contributed by atoms with Crippen LogP contribution in [-0.4, -0.2) is 99.6 Å². The molecule has 19 nitrogen and oxygen atoms in total. The fraction of sp³-hybridized carbons (Fsp3) is 0.426.